The maximum atomic E-state index is 13.2. The Labute approximate surface area is 218 Å². The average Bonchev–Trinajstić information content (AvgIpc) is 2.86. The number of hydrogen-bond donors (Lipinski definition) is 2. The Hall–Kier alpha value is -3.09. The highest BCUT2D eigenvalue weighted by atomic mass is 32.2. The number of carbonyl (C=O) groups is 2. The highest BCUT2D eigenvalue weighted by Gasteiger charge is 2.22. The Morgan fingerprint density at radius 3 is 2.39 bits per heavy atom. The normalized spacial score (nSPS) is 11.9. The van der Waals surface area contributed by atoms with Gasteiger partial charge in [0.05, 0.1) is 13.2 Å². The number of hydrogen-bond acceptors (Lipinski definition) is 4. The minimum absolute atomic E-state index is 0.367. The van der Waals surface area contributed by atoms with Crippen molar-refractivity contribution in [3.05, 3.63) is 94.5 Å². The summed E-state index contributed by atoms with van der Waals surface area (Å²) < 4.78 is 6.08. The molecule has 1 amide bonds. The van der Waals surface area contributed by atoms with Crippen LogP contribution in [-0.2, 0) is 22.7 Å². The summed E-state index contributed by atoms with van der Waals surface area (Å²) in [6.07, 6.45) is 2.28. The molecule has 2 N–H and O–H groups in total. The Balaban J connectivity index is 1.85. The first-order valence-corrected chi connectivity index (χ1v) is 13.6. The van der Waals surface area contributed by atoms with Crippen LogP contribution in [0.2, 0.25) is 0 Å². The van der Waals surface area contributed by atoms with Gasteiger partial charge in [-0.2, -0.15) is 11.8 Å². The van der Waals surface area contributed by atoms with Crippen molar-refractivity contribution in [2.45, 2.75) is 52.4 Å². The SMILES string of the molecule is CSCCC(NC(=O)c1ccc(COCc2ccccc2C(C)C)cc1-c1ccccc1C)C(=O)O. The lowest BCUT2D eigenvalue weighted by molar-refractivity contribution is -0.139. The summed E-state index contributed by atoms with van der Waals surface area (Å²) in [5.41, 5.74) is 6.59. The fraction of sp³-hybridized carbons (Fsp3) is 0.333. The molecule has 0 aliphatic rings. The maximum Gasteiger partial charge on any atom is 0.326 e. The largest absolute Gasteiger partial charge is 0.480 e. The van der Waals surface area contributed by atoms with E-state index in [9.17, 15) is 14.7 Å². The summed E-state index contributed by atoms with van der Waals surface area (Å²) in [6.45, 7) is 7.26. The standard InChI is InChI=1S/C30H35NO4S/c1-20(2)24-11-8-6-10-23(24)19-35-18-22-13-14-26(27(17-22)25-12-7-5-9-21(25)3)29(32)31-28(30(33)34)15-16-36-4/h5-14,17,20,28H,15-16,18-19H2,1-4H3,(H,31,32)(H,33,34). The van der Waals surface area contributed by atoms with E-state index in [1.54, 1.807) is 17.8 Å². The van der Waals surface area contributed by atoms with Gasteiger partial charge in [0.15, 0.2) is 0 Å². The highest BCUT2D eigenvalue weighted by molar-refractivity contribution is 7.98. The molecule has 6 heteroatoms. The van der Waals surface area contributed by atoms with E-state index in [1.807, 2.05) is 61.7 Å². The van der Waals surface area contributed by atoms with Gasteiger partial charge in [-0.1, -0.05) is 68.4 Å². The number of carboxylic acids is 1. The van der Waals surface area contributed by atoms with Gasteiger partial charge < -0.3 is 15.2 Å². The van der Waals surface area contributed by atoms with Crippen molar-refractivity contribution >= 4 is 23.6 Å². The van der Waals surface area contributed by atoms with E-state index in [0.717, 1.165) is 22.3 Å². The molecule has 0 spiro atoms. The third kappa shape index (κ3) is 7.21. The third-order valence-corrected chi connectivity index (χ3v) is 6.83. The van der Waals surface area contributed by atoms with Crippen LogP contribution in [0.1, 0.15) is 58.8 Å². The Kier molecular flexibility index (Phi) is 10.1. The fourth-order valence-electron chi connectivity index (χ4n) is 4.21. The highest BCUT2D eigenvalue weighted by Crippen LogP contribution is 2.29. The van der Waals surface area contributed by atoms with Crippen LogP contribution in [0, 0.1) is 6.92 Å². The van der Waals surface area contributed by atoms with Gasteiger partial charge in [0, 0.05) is 5.56 Å². The number of benzene rings is 3. The zero-order valence-corrected chi connectivity index (χ0v) is 22.2. The first kappa shape index (κ1) is 27.5. The number of carboxylic acid groups (broad SMARTS) is 1. The van der Waals surface area contributed by atoms with Crippen molar-refractivity contribution < 1.29 is 19.4 Å². The molecule has 190 valence electrons. The molecule has 3 rings (SSSR count). The number of ether oxygens (including phenoxy) is 1. The lowest BCUT2D eigenvalue weighted by Crippen LogP contribution is -2.41. The predicted molar refractivity (Wildman–Crippen MR) is 148 cm³/mol. The second kappa shape index (κ2) is 13.3. The van der Waals surface area contributed by atoms with Crippen molar-refractivity contribution in [3.8, 4) is 11.1 Å². The van der Waals surface area contributed by atoms with Gasteiger partial charge in [-0.05, 0) is 76.8 Å². The lowest BCUT2D eigenvalue weighted by Gasteiger charge is -2.18. The molecular weight excluding hydrogens is 470 g/mol. The zero-order valence-electron chi connectivity index (χ0n) is 21.4. The number of rotatable bonds is 12. The van der Waals surface area contributed by atoms with E-state index < -0.39 is 12.0 Å². The summed E-state index contributed by atoms with van der Waals surface area (Å²) in [7, 11) is 0. The first-order chi connectivity index (χ1) is 17.3. The van der Waals surface area contributed by atoms with Gasteiger partial charge in [-0.15, -0.1) is 0 Å². The van der Waals surface area contributed by atoms with Crippen LogP contribution < -0.4 is 5.32 Å². The van der Waals surface area contributed by atoms with E-state index in [-0.39, 0.29) is 5.91 Å². The molecule has 1 unspecified atom stereocenters. The monoisotopic (exact) mass is 505 g/mol. The Morgan fingerprint density at radius 2 is 1.69 bits per heavy atom. The van der Waals surface area contributed by atoms with Crippen LogP contribution in [0.25, 0.3) is 11.1 Å². The van der Waals surface area contributed by atoms with E-state index in [1.165, 1.54) is 11.1 Å². The summed E-state index contributed by atoms with van der Waals surface area (Å²) in [5, 5.41) is 12.3. The topological polar surface area (TPSA) is 75.6 Å². The van der Waals surface area contributed by atoms with Crippen molar-refractivity contribution in [3.63, 3.8) is 0 Å². The molecule has 0 aromatic heterocycles. The molecule has 0 saturated carbocycles. The van der Waals surface area contributed by atoms with Crippen LogP contribution in [0.5, 0.6) is 0 Å². The fourth-order valence-corrected chi connectivity index (χ4v) is 4.69. The third-order valence-electron chi connectivity index (χ3n) is 6.18. The quantitative estimate of drug-likeness (QED) is 0.296. The molecule has 0 saturated heterocycles. The Morgan fingerprint density at radius 1 is 0.972 bits per heavy atom. The molecule has 5 nitrogen and oxygen atoms in total. The minimum Gasteiger partial charge on any atom is -0.480 e. The molecule has 0 bridgehead atoms. The average molecular weight is 506 g/mol. The van der Waals surface area contributed by atoms with Gasteiger partial charge in [-0.3, -0.25) is 4.79 Å². The van der Waals surface area contributed by atoms with Crippen LogP contribution >= 0.6 is 11.8 Å². The summed E-state index contributed by atoms with van der Waals surface area (Å²) in [6, 6.07) is 20.9. The number of aryl methyl sites for hydroxylation is 1. The van der Waals surface area contributed by atoms with Crippen molar-refractivity contribution in [2.75, 3.05) is 12.0 Å². The summed E-state index contributed by atoms with van der Waals surface area (Å²) >= 11 is 1.55. The van der Waals surface area contributed by atoms with E-state index in [2.05, 4.69) is 31.3 Å². The molecule has 1 atom stereocenters. The van der Waals surface area contributed by atoms with Crippen LogP contribution in [0.3, 0.4) is 0 Å². The van der Waals surface area contributed by atoms with Crippen LogP contribution in [-0.4, -0.2) is 35.0 Å². The van der Waals surface area contributed by atoms with Gasteiger partial charge in [0.25, 0.3) is 5.91 Å². The van der Waals surface area contributed by atoms with Crippen LogP contribution in [0.4, 0.5) is 0 Å². The van der Waals surface area contributed by atoms with E-state index in [4.69, 9.17) is 4.74 Å². The van der Waals surface area contributed by atoms with Gasteiger partial charge in [0.1, 0.15) is 6.04 Å². The van der Waals surface area contributed by atoms with Crippen LogP contribution in [0.15, 0.2) is 66.7 Å². The summed E-state index contributed by atoms with van der Waals surface area (Å²) in [5.74, 6) is -0.347. The molecule has 0 radical (unpaired) electrons. The molecule has 3 aromatic carbocycles. The number of carbonyl (C=O) groups excluding carboxylic acids is 1. The molecule has 0 fully saturated rings. The van der Waals surface area contributed by atoms with Crippen molar-refractivity contribution in [1.82, 2.24) is 5.32 Å². The molecule has 0 aliphatic heterocycles. The molecular formula is C30H35NO4S. The van der Waals surface area contributed by atoms with Gasteiger partial charge >= 0.3 is 5.97 Å². The minimum atomic E-state index is -1.03. The predicted octanol–water partition coefficient (Wildman–Crippen LogP) is 6.44. The number of nitrogens with one attached hydrogen (secondary N) is 1. The number of amides is 1. The lowest BCUT2D eigenvalue weighted by atomic mass is 9.93. The molecule has 3 aromatic rings. The van der Waals surface area contributed by atoms with Crippen molar-refractivity contribution in [2.24, 2.45) is 0 Å². The van der Waals surface area contributed by atoms with Crippen molar-refractivity contribution in [1.29, 1.82) is 0 Å². The first-order valence-electron chi connectivity index (χ1n) is 12.2. The smallest absolute Gasteiger partial charge is 0.326 e. The molecule has 36 heavy (non-hydrogen) atoms. The number of aliphatic carboxylic acids is 1. The van der Waals surface area contributed by atoms with Gasteiger partial charge in [0.2, 0.25) is 0 Å². The second-order valence-electron chi connectivity index (χ2n) is 9.19. The number of thioether (sulfide) groups is 1. The molecule has 0 heterocycles. The zero-order chi connectivity index (χ0) is 26.1. The van der Waals surface area contributed by atoms with E-state index in [0.29, 0.717) is 36.9 Å². The summed E-state index contributed by atoms with van der Waals surface area (Å²) in [4.78, 5) is 24.9. The molecule has 0 aliphatic carbocycles. The maximum absolute atomic E-state index is 13.2. The van der Waals surface area contributed by atoms with Gasteiger partial charge in [-0.25, -0.2) is 4.79 Å². The Bertz CT molecular complexity index is 1190. The second-order valence-corrected chi connectivity index (χ2v) is 10.2. The van der Waals surface area contributed by atoms with E-state index >= 15 is 0 Å².